The second-order valence-electron chi connectivity index (χ2n) is 7.72. The zero-order chi connectivity index (χ0) is 20.3. The van der Waals surface area contributed by atoms with Crippen LogP contribution in [0.2, 0.25) is 0 Å². The van der Waals surface area contributed by atoms with Gasteiger partial charge in [0.1, 0.15) is 0 Å². The molecule has 2 saturated heterocycles. The molecule has 162 valence electrons. The number of benzene rings is 1. The maximum Gasteiger partial charge on any atom is 0.416 e. The first-order valence-electron chi connectivity index (χ1n) is 9.65. The molecule has 0 spiro atoms. The lowest BCUT2D eigenvalue weighted by Crippen LogP contribution is -2.45. The van der Waals surface area contributed by atoms with Crippen LogP contribution in [0.1, 0.15) is 30.4 Å². The van der Waals surface area contributed by atoms with Crippen LogP contribution in [-0.2, 0) is 22.3 Å². The number of piperidine rings is 1. The lowest BCUT2D eigenvalue weighted by Gasteiger charge is -2.34. The van der Waals surface area contributed by atoms with E-state index < -0.39 is 17.7 Å². The van der Waals surface area contributed by atoms with Gasteiger partial charge >= 0.3 is 6.18 Å². The van der Waals surface area contributed by atoms with Crippen LogP contribution in [0.4, 0.5) is 13.2 Å². The molecule has 2 unspecified atom stereocenters. The molecule has 3 rings (SSSR count). The number of rotatable bonds is 5. The van der Waals surface area contributed by atoms with Crippen molar-refractivity contribution in [3.8, 4) is 0 Å². The van der Waals surface area contributed by atoms with Gasteiger partial charge in [0, 0.05) is 32.6 Å². The molecule has 1 aromatic carbocycles. The maximum atomic E-state index is 12.9. The molecule has 0 radical (unpaired) electrons. The second kappa shape index (κ2) is 9.80. The fourth-order valence-electron chi connectivity index (χ4n) is 4.14. The van der Waals surface area contributed by atoms with Gasteiger partial charge in [-0.1, -0.05) is 12.1 Å². The highest BCUT2D eigenvalue weighted by atomic mass is 35.5. The molecule has 2 aliphatic heterocycles. The normalized spacial score (nSPS) is 22.6. The van der Waals surface area contributed by atoms with Crippen molar-refractivity contribution in [2.75, 3.05) is 33.2 Å². The number of hydrogen-bond acceptors (Lipinski definition) is 3. The third-order valence-electron chi connectivity index (χ3n) is 5.51. The molecule has 1 aromatic rings. The van der Waals surface area contributed by atoms with Crippen molar-refractivity contribution in [1.82, 2.24) is 15.1 Å². The Hall–Kier alpha value is -1.80. The van der Waals surface area contributed by atoms with E-state index in [1.165, 1.54) is 11.0 Å². The minimum Gasteiger partial charge on any atom is -0.342 e. The molecule has 0 aliphatic carbocycles. The summed E-state index contributed by atoms with van der Waals surface area (Å²) >= 11 is 0. The van der Waals surface area contributed by atoms with E-state index in [0.29, 0.717) is 24.6 Å². The number of carbonyl (C=O) groups is 2. The summed E-state index contributed by atoms with van der Waals surface area (Å²) in [5.74, 6) is -0.187. The quantitative estimate of drug-likeness (QED) is 0.776. The van der Waals surface area contributed by atoms with E-state index in [9.17, 15) is 22.8 Å². The Labute approximate surface area is 175 Å². The topological polar surface area (TPSA) is 52.7 Å². The Bertz CT molecular complexity index is 727. The molecular formula is C20H27ClF3N3O2. The van der Waals surface area contributed by atoms with E-state index >= 15 is 0 Å². The van der Waals surface area contributed by atoms with Crippen LogP contribution < -0.4 is 5.32 Å². The van der Waals surface area contributed by atoms with E-state index in [4.69, 9.17) is 0 Å². The summed E-state index contributed by atoms with van der Waals surface area (Å²) in [6.07, 6.45) is -2.25. The van der Waals surface area contributed by atoms with Gasteiger partial charge in [0.15, 0.2) is 0 Å². The molecule has 2 atom stereocenters. The summed E-state index contributed by atoms with van der Waals surface area (Å²) in [4.78, 5) is 28.5. The summed E-state index contributed by atoms with van der Waals surface area (Å²) in [6, 6.07) is 5.00. The number of nitrogens with one attached hydrogen (secondary N) is 1. The van der Waals surface area contributed by atoms with Crippen LogP contribution in [0.15, 0.2) is 24.3 Å². The highest BCUT2D eigenvalue weighted by Crippen LogP contribution is 2.30. The van der Waals surface area contributed by atoms with Crippen molar-refractivity contribution < 1.29 is 22.8 Å². The lowest BCUT2D eigenvalue weighted by molar-refractivity contribution is -0.138. The van der Waals surface area contributed by atoms with E-state index in [1.54, 1.807) is 6.07 Å². The van der Waals surface area contributed by atoms with Gasteiger partial charge in [0.25, 0.3) is 0 Å². The maximum absolute atomic E-state index is 12.9. The monoisotopic (exact) mass is 433 g/mol. The van der Waals surface area contributed by atoms with Crippen LogP contribution in [-0.4, -0.2) is 54.8 Å². The van der Waals surface area contributed by atoms with Crippen LogP contribution in [0, 0.1) is 11.8 Å². The van der Waals surface area contributed by atoms with Crippen LogP contribution in [0.3, 0.4) is 0 Å². The predicted molar refractivity (Wildman–Crippen MR) is 105 cm³/mol. The standard InChI is InChI=1S/C20H26F3N3O2.ClH/c1-24-10-15-5-3-7-25(12-15)19(28)16-9-18(27)26(13-16)11-14-4-2-6-17(8-14)20(21,22)23;/h2,4,6,8,15-16,24H,3,5,7,9-13H2,1H3;1H. The summed E-state index contributed by atoms with van der Waals surface area (Å²) < 4.78 is 38.6. The zero-order valence-corrected chi connectivity index (χ0v) is 17.2. The smallest absolute Gasteiger partial charge is 0.342 e. The largest absolute Gasteiger partial charge is 0.416 e. The highest BCUT2D eigenvalue weighted by molar-refractivity contribution is 5.89. The zero-order valence-electron chi connectivity index (χ0n) is 16.4. The molecule has 0 bridgehead atoms. The van der Waals surface area contributed by atoms with E-state index in [2.05, 4.69) is 5.32 Å². The molecule has 2 aliphatic rings. The van der Waals surface area contributed by atoms with Crippen molar-refractivity contribution in [3.63, 3.8) is 0 Å². The first-order valence-corrected chi connectivity index (χ1v) is 9.65. The molecule has 9 heteroatoms. The van der Waals surface area contributed by atoms with Crippen LogP contribution >= 0.6 is 12.4 Å². The average molecular weight is 434 g/mol. The van der Waals surface area contributed by atoms with Crippen molar-refractivity contribution in [2.24, 2.45) is 11.8 Å². The van der Waals surface area contributed by atoms with E-state index in [-0.39, 0.29) is 43.7 Å². The molecular weight excluding hydrogens is 407 g/mol. The molecule has 2 fully saturated rings. The third-order valence-corrected chi connectivity index (χ3v) is 5.51. The van der Waals surface area contributed by atoms with Gasteiger partial charge in [-0.15, -0.1) is 12.4 Å². The van der Waals surface area contributed by atoms with Crippen molar-refractivity contribution in [1.29, 1.82) is 0 Å². The third kappa shape index (κ3) is 5.85. The Morgan fingerprint density at radius 1 is 1.28 bits per heavy atom. The van der Waals surface area contributed by atoms with Gasteiger partial charge in [-0.25, -0.2) is 0 Å². The molecule has 2 amide bonds. The van der Waals surface area contributed by atoms with Gasteiger partial charge in [-0.3, -0.25) is 9.59 Å². The summed E-state index contributed by atoms with van der Waals surface area (Å²) in [6.45, 7) is 2.61. The second-order valence-corrected chi connectivity index (χ2v) is 7.72. The molecule has 5 nitrogen and oxygen atoms in total. The minimum atomic E-state index is -4.42. The molecule has 1 N–H and O–H groups in total. The summed E-state index contributed by atoms with van der Waals surface area (Å²) in [7, 11) is 1.89. The van der Waals surface area contributed by atoms with E-state index in [0.717, 1.165) is 31.5 Å². The number of hydrogen-bond donors (Lipinski definition) is 1. The predicted octanol–water partition coefficient (Wildman–Crippen LogP) is 2.93. The van der Waals surface area contributed by atoms with Gasteiger partial charge in [-0.05, 0) is 50.0 Å². The fourth-order valence-corrected chi connectivity index (χ4v) is 4.14. The van der Waals surface area contributed by atoms with Crippen molar-refractivity contribution in [2.45, 2.75) is 32.0 Å². The number of carbonyl (C=O) groups excluding carboxylic acids is 2. The van der Waals surface area contributed by atoms with Gasteiger partial charge in [0.2, 0.25) is 11.8 Å². The lowest BCUT2D eigenvalue weighted by atomic mass is 9.96. The van der Waals surface area contributed by atoms with Gasteiger partial charge in [-0.2, -0.15) is 13.2 Å². The fraction of sp³-hybridized carbons (Fsp3) is 0.600. The molecule has 0 saturated carbocycles. The number of alkyl halides is 3. The van der Waals surface area contributed by atoms with Crippen molar-refractivity contribution >= 4 is 24.2 Å². The Morgan fingerprint density at radius 2 is 2.03 bits per heavy atom. The van der Waals surface area contributed by atoms with Crippen molar-refractivity contribution in [3.05, 3.63) is 35.4 Å². The SMILES string of the molecule is CNCC1CCCN(C(=O)C2CC(=O)N(Cc3cccc(C(F)(F)F)c3)C2)C1.Cl. The number of amides is 2. The van der Waals surface area contributed by atoms with Gasteiger partial charge < -0.3 is 15.1 Å². The first-order chi connectivity index (χ1) is 13.3. The molecule has 0 aromatic heterocycles. The number of likely N-dealkylation sites (tertiary alicyclic amines) is 2. The minimum absolute atomic E-state index is 0. The van der Waals surface area contributed by atoms with Crippen LogP contribution in [0.25, 0.3) is 0 Å². The Kier molecular flexibility index (Phi) is 7.94. The molecule has 2 heterocycles. The van der Waals surface area contributed by atoms with Crippen LogP contribution in [0.5, 0.6) is 0 Å². The highest BCUT2D eigenvalue weighted by Gasteiger charge is 2.38. The average Bonchev–Trinajstić information content (AvgIpc) is 3.02. The summed E-state index contributed by atoms with van der Waals surface area (Å²) in [5, 5.41) is 3.14. The Balaban J connectivity index is 0.00000300. The van der Waals surface area contributed by atoms with Gasteiger partial charge in [0.05, 0.1) is 11.5 Å². The first kappa shape index (κ1) is 23.5. The summed E-state index contributed by atoms with van der Waals surface area (Å²) in [5.41, 5.74) is -0.309. The Morgan fingerprint density at radius 3 is 2.72 bits per heavy atom. The number of nitrogens with zero attached hydrogens (tertiary/aromatic N) is 2. The number of halogens is 4. The van der Waals surface area contributed by atoms with E-state index in [1.807, 2.05) is 11.9 Å². The molecule has 29 heavy (non-hydrogen) atoms.